The quantitative estimate of drug-likeness (QED) is 0.0426. The third-order valence-corrected chi connectivity index (χ3v) is 13.2. The number of hydrogen-bond donors (Lipinski definition) is 4. The Kier molecular flexibility index (Phi) is 19.6. The summed E-state index contributed by atoms with van der Waals surface area (Å²) in [6.07, 6.45) is 3.08. The lowest BCUT2D eigenvalue weighted by Gasteiger charge is -2.34. The molecule has 2 atom stereocenters. The molecule has 6 amide bonds. The molecule has 0 radical (unpaired) electrons. The molecule has 400 valence electrons. The number of nitrogens with one attached hydrogen (secondary N) is 4. The van der Waals surface area contributed by atoms with E-state index in [1.54, 1.807) is 25.1 Å². The average molecular weight is 1080 g/mol. The van der Waals surface area contributed by atoms with E-state index in [2.05, 4.69) is 70.4 Å². The van der Waals surface area contributed by atoms with Gasteiger partial charge in [0.05, 0.1) is 81.4 Å². The first kappa shape index (κ1) is 54.8. The number of benzene rings is 2. The largest absolute Gasteiger partial charge is 0.489 e. The molecule has 24 heteroatoms. The second-order valence-electron chi connectivity index (χ2n) is 17.9. The van der Waals surface area contributed by atoms with Gasteiger partial charge in [-0.05, 0) is 42.7 Å². The molecule has 22 nitrogen and oxygen atoms in total. The lowest BCUT2D eigenvalue weighted by molar-refractivity contribution is -0.137. The Bertz CT molecular complexity index is 2800. The van der Waals surface area contributed by atoms with E-state index in [9.17, 15) is 24.0 Å². The van der Waals surface area contributed by atoms with E-state index in [-0.39, 0.29) is 78.6 Å². The maximum absolute atomic E-state index is 13.2. The van der Waals surface area contributed by atoms with E-state index >= 15 is 0 Å². The van der Waals surface area contributed by atoms with Gasteiger partial charge in [-0.2, -0.15) is 5.10 Å². The van der Waals surface area contributed by atoms with Crippen LogP contribution >= 0.6 is 23.2 Å². The van der Waals surface area contributed by atoms with Gasteiger partial charge in [0.25, 0.3) is 5.91 Å². The molecule has 0 saturated carbocycles. The number of pyridine rings is 1. The SMILES string of the molecule is CO[C@@H](C)c1c(NC(=O)Nc2cc(Cl)cnc2OCCNC(=O)CCOCCOCCOCCN2CCN(Cc3ccc(COc4cccc5c4CN([C@H]4CCC(=O)NC4=O)C5=O)cc3)CC2)cnc2cc(Cl)nn12. The Balaban J connectivity index is 0.623. The van der Waals surface area contributed by atoms with Gasteiger partial charge >= 0.3 is 6.03 Å². The second-order valence-corrected chi connectivity index (χ2v) is 18.8. The number of nitrogens with zero attached hydrogens (tertiary/aromatic N) is 7. The van der Waals surface area contributed by atoms with Crippen molar-refractivity contribution >= 4 is 69.9 Å². The third kappa shape index (κ3) is 15.1. The number of hydrogen-bond acceptors (Lipinski definition) is 16. The minimum Gasteiger partial charge on any atom is -0.489 e. The molecule has 0 aliphatic carbocycles. The zero-order valence-electron chi connectivity index (χ0n) is 41.8. The molecular formula is C51H61Cl2N11O11. The van der Waals surface area contributed by atoms with E-state index in [0.717, 1.165) is 50.4 Å². The minimum absolute atomic E-state index is 0.0704. The summed E-state index contributed by atoms with van der Waals surface area (Å²) in [5.41, 5.74) is 5.08. The number of piperidine rings is 1. The number of methoxy groups -OCH3 is 1. The van der Waals surface area contributed by atoms with Crippen LogP contribution in [0.2, 0.25) is 10.2 Å². The fraction of sp³-hybridized carbons (Fsp3) is 0.451. The molecule has 5 aromatic rings. The van der Waals surface area contributed by atoms with Crippen molar-refractivity contribution in [2.75, 3.05) is 103 Å². The van der Waals surface area contributed by atoms with Crippen molar-refractivity contribution < 1.29 is 52.4 Å². The standard InChI is InChI=1S/C51H61Cl2N11O11/c1-33(70-2)47-40(29-55-44-27-43(53)60-64(44)47)58-51(69)57-39-26-36(52)28-56-49(39)74-20-13-54-45(65)12-19-71-22-24-73-25-23-72-21-18-61-14-16-62(17-15-61)30-34-6-8-35(9-7-34)32-75-42-5-3-4-37-38(42)31-63(50(37)68)41-10-11-46(66)59-48(41)67/h3-9,26-29,33,41H,10-25,30-32H2,1-2H3,(H,54,65)(H2,57,58,69)(H,59,66,67)/t33-,41-/m0/s1. The molecule has 75 heavy (non-hydrogen) atoms. The van der Waals surface area contributed by atoms with Crippen LogP contribution in [0.5, 0.6) is 11.6 Å². The number of rotatable bonds is 26. The Morgan fingerprint density at radius 1 is 0.827 bits per heavy atom. The van der Waals surface area contributed by atoms with Gasteiger partial charge in [0.2, 0.25) is 23.6 Å². The summed E-state index contributed by atoms with van der Waals surface area (Å²) in [5, 5.41) is 15.3. The molecule has 8 rings (SSSR count). The Morgan fingerprint density at radius 3 is 2.31 bits per heavy atom. The summed E-state index contributed by atoms with van der Waals surface area (Å²) in [7, 11) is 1.53. The number of fused-ring (bicyclic) bond motifs is 2. The lowest BCUT2D eigenvalue weighted by Crippen LogP contribution is -2.52. The number of ether oxygens (including phenoxy) is 6. The van der Waals surface area contributed by atoms with Crippen LogP contribution in [-0.4, -0.2) is 163 Å². The molecule has 2 aromatic carbocycles. The number of imide groups is 1. The highest BCUT2D eigenvalue weighted by molar-refractivity contribution is 6.31. The van der Waals surface area contributed by atoms with Crippen LogP contribution in [0.1, 0.15) is 65.0 Å². The zero-order valence-corrected chi connectivity index (χ0v) is 43.3. The number of urea groups is 1. The van der Waals surface area contributed by atoms with E-state index in [0.29, 0.717) is 74.4 Å². The molecular weight excluding hydrogens is 1010 g/mol. The van der Waals surface area contributed by atoms with Crippen molar-refractivity contribution in [3.05, 3.63) is 105 Å². The van der Waals surface area contributed by atoms with Gasteiger partial charge in [-0.25, -0.2) is 19.3 Å². The normalized spacial score (nSPS) is 16.5. The summed E-state index contributed by atoms with van der Waals surface area (Å²) in [6, 6.07) is 15.6. The van der Waals surface area contributed by atoms with Crippen molar-refractivity contribution in [2.24, 2.45) is 0 Å². The van der Waals surface area contributed by atoms with Crippen LogP contribution in [0.3, 0.4) is 0 Å². The van der Waals surface area contributed by atoms with Gasteiger partial charge in [0, 0.05) is 82.6 Å². The van der Waals surface area contributed by atoms with Gasteiger partial charge in [0.1, 0.15) is 30.7 Å². The van der Waals surface area contributed by atoms with Gasteiger partial charge < -0.3 is 49.3 Å². The highest BCUT2D eigenvalue weighted by Crippen LogP contribution is 2.34. The van der Waals surface area contributed by atoms with Gasteiger partial charge in [-0.1, -0.05) is 53.5 Å². The third-order valence-electron chi connectivity index (χ3n) is 12.8. The number of piperazine rings is 1. The van der Waals surface area contributed by atoms with Crippen molar-refractivity contribution in [1.82, 2.24) is 44.9 Å². The van der Waals surface area contributed by atoms with Crippen LogP contribution in [0, 0.1) is 0 Å². The summed E-state index contributed by atoms with van der Waals surface area (Å²) in [6.45, 7) is 10.7. The number of carbonyl (C=O) groups excluding carboxylic acids is 5. The van der Waals surface area contributed by atoms with Gasteiger partial charge in [0.15, 0.2) is 10.8 Å². The smallest absolute Gasteiger partial charge is 0.323 e. The van der Waals surface area contributed by atoms with Crippen molar-refractivity contribution in [3.8, 4) is 11.6 Å². The molecule has 0 spiro atoms. The molecule has 3 aliphatic heterocycles. The number of amides is 6. The molecule has 3 aliphatic rings. The Labute approximate surface area is 443 Å². The van der Waals surface area contributed by atoms with Crippen LogP contribution in [0.25, 0.3) is 5.65 Å². The molecule has 3 aromatic heterocycles. The van der Waals surface area contributed by atoms with E-state index in [1.807, 2.05) is 6.07 Å². The number of carbonyl (C=O) groups is 5. The molecule has 6 heterocycles. The van der Waals surface area contributed by atoms with Gasteiger partial charge in [-0.3, -0.25) is 34.3 Å². The fourth-order valence-electron chi connectivity index (χ4n) is 8.78. The molecule has 2 saturated heterocycles. The summed E-state index contributed by atoms with van der Waals surface area (Å²) in [4.78, 5) is 77.7. The number of aromatic nitrogens is 4. The highest BCUT2D eigenvalue weighted by atomic mass is 35.5. The summed E-state index contributed by atoms with van der Waals surface area (Å²) < 4.78 is 36.0. The van der Waals surface area contributed by atoms with Crippen LogP contribution in [0.15, 0.2) is 67.0 Å². The van der Waals surface area contributed by atoms with E-state index in [1.165, 1.54) is 40.5 Å². The predicted molar refractivity (Wildman–Crippen MR) is 276 cm³/mol. The van der Waals surface area contributed by atoms with E-state index in [4.69, 9.17) is 51.6 Å². The lowest BCUT2D eigenvalue weighted by atomic mass is 10.0. The molecule has 4 N–H and O–H groups in total. The topological polar surface area (TPSA) is 242 Å². The first-order chi connectivity index (χ1) is 36.4. The van der Waals surface area contributed by atoms with Crippen molar-refractivity contribution in [1.29, 1.82) is 0 Å². The predicted octanol–water partition coefficient (Wildman–Crippen LogP) is 4.88. The maximum Gasteiger partial charge on any atom is 0.323 e. The fourth-order valence-corrected chi connectivity index (χ4v) is 9.11. The number of halogens is 2. The van der Waals surface area contributed by atoms with Gasteiger partial charge in [-0.15, -0.1) is 0 Å². The zero-order chi connectivity index (χ0) is 52.7. The van der Waals surface area contributed by atoms with Crippen LogP contribution in [-0.2, 0) is 53.0 Å². The first-order valence-electron chi connectivity index (χ1n) is 24.8. The van der Waals surface area contributed by atoms with Crippen LogP contribution in [0.4, 0.5) is 16.2 Å². The Morgan fingerprint density at radius 2 is 1.55 bits per heavy atom. The second kappa shape index (κ2) is 26.8. The summed E-state index contributed by atoms with van der Waals surface area (Å²) >= 11 is 12.3. The van der Waals surface area contributed by atoms with Crippen molar-refractivity contribution in [2.45, 2.75) is 58.0 Å². The molecule has 0 bridgehead atoms. The summed E-state index contributed by atoms with van der Waals surface area (Å²) in [5.74, 6) is -0.467. The highest BCUT2D eigenvalue weighted by Gasteiger charge is 2.40. The average Bonchev–Trinajstić information content (AvgIpc) is 3.95. The Hall–Kier alpha value is -6.50. The molecule has 0 unspecified atom stereocenters. The number of anilines is 2. The first-order valence-corrected chi connectivity index (χ1v) is 25.5. The minimum atomic E-state index is -0.671. The van der Waals surface area contributed by atoms with Crippen molar-refractivity contribution in [3.63, 3.8) is 0 Å². The van der Waals surface area contributed by atoms with E-state index < -0.39 is 24.1 Å². The monoisotopic (exact) mass is 1070 g/mol. The maximum atomic E-state index is 13.2. The van der Waals surface area contributed by atoms with Crippen LogP contribution < -0.4 is 30.7 Å². The molecule has 2 fully saturated rings.